The SMILES string of the molecule is CCN(CC)C(=O)c1ccc(O[C@@H]2CO[C@H]3[C@@H]2OC[C@@H]3Oc2cccc(CN)c2)cc1. The van der Waals surface area contributed by atoms with Gasteiger partial charge in [-0.05, 0) is 55.8 Å². The third-order valence-corrected chi connectivity index (χ3v) is 5.82. The predicted octanol–water partition coefficient (Wildman–Crippen LogP) is 2.62. The van der Waals surface area contributed by atoms with Crippen LogP contribution in [0.4, 0.5) is 0 Å². The minimum absolute atomic E-state index is 0.0265. The van der Waals surface area contributed by atoms with Crippen LogP contribution in [0.5, 0.6) is 11.5 Å². The summed E-state index contributed by atoms with van der Waals surface area (Å²) in [5.41, 5.74) is 7.39. The van der Waals surface area contributed by atoms with Crippen molar-refractivity contribution in [3.05, 3.63) is 59.7 Å². The molecule has 2 N–H and O–H groups in total. The highest BCUT2D eigenvalue weighted by Gasteiger charge is 2.50. The molecule has 7 heteroatoms. The van der Waals surface area contributed by atoms with Gasteiger partial charge in [-0.25, -0.2) is 0 Å². The molecule has 2 aliphatic heterocycles. The normalized spacial score (nSPS) is 24.6. The van der Waals surface area contributed by atoms with E-state index in [0.717, 1.165) is 11.3 Å². The van der Waals surface area contributed by atoms with E-state index >= 15 is 0 Å². The molecule has 0 aliphatic carbocycles. The Morgan fingerprint density at radius 3 is 2.16 bits per heavy atom. The molecule has 2 aromatic carbocycles. The van der Waals surface area contributed by atoms with Gasteiger partial charge in [-0.1, -0.05) is 12.1 Å². The fourth-order valence-corrected chi connectivity index (χ4v) is 4.10. The van der Waals surface area contributed by atoms with Crippen LogP contribution in [0.1, 0.15) is 29.8 Å². The van der Waals surface area contributed by atoms with E-state index in [2.05, 4.69) is 0 Å². The molecule has 31 heavy (non-hydrogen) atoms. The van der Waals surface area contributed by atoms with Crippen molar-refractivity contribution in [1.82, 2.24) is 4.90 Å². The Kier molecular flexibility index (Phi) is 6.75. The third kappa shape index (κ3) is 4.69. The quantitative estimate of drug-likeness (QED) is 0.699. The van der Waals surface area contributed by atoms with Crippen molar-refractivity contribution >= 4 is 5.91 Å². The van der Waals surface area contributed by atoms with Crippen LogP contribution in [0.15, 0.2) is 48.5 Å². The summed E-state index contributed by atoms with van der Waals surface area (Å²) in [6.07, 6.45) is -0.797. The number of carbonyl (C=O) groups is 1. The maximum atomic E-state index is 12.5. The van der Waals surface area contributed by atoms with E-state index in [1.165, 1.54) is 0 Å². The predicted molar refractivity (Wildman–Crippen MR) is 116 cm³/mol. The zero-order valence-corrected chi connectivity index (χ0v) is 18.0. The lowest BCUT2D eigenvalue weighted by molar-refractivity contribution is 0.0181. The van der Waals surface area contributed by atoms with Crippen LogP contribution < -0.4 is 15.2 Å². The first-order chi connectivity index (χ1) is 15.1. The minimum Gasteiger partial charge on any atom is -0.485 e. The molecular weight excluding hydrogens is 396 g/mol. The van der Waals surface area contributed by atoms with Gasteiger partial charge in [0.25, 0.3) is 5.91 Å². The first kappa shape index (κ1) is 21.6. The van der Waals surface area contributed by atoms with Crippen molar-refractivity contribution < 1.29 is 23.7 Å². The number of hydrogen-bond donors (Lipinski definition) is 1. The molecule has 0 saturated carbocycles. The average Bonchev–Trinajstić information content (AvgIpc) is 3.38. The second-order valence-electron chi connectivity index (χ2n) is 7.76. The molecule has 2 saturated heterocycles. The number of hydrogen-bond acceptors (Lipinski definition) is 6. The standard InChI is InChI=1S/C24H30N2O5/c1-3-26(4-2)24(27)17-8-10-18(11-9-17)30-20-14-28-23-21(15-29-22(20)23)31-19-7-5-6-16(12-19)13-25/h5-12,20-23H,3-4,13-15,25H2,1-2H3/t20-,21+,22-,23-/m1/s1. The molecule has 0 bridgehead atoms. The number of amides is 1. The zero-order valence-electron chi connectivity index (χ0n) is 18.0. The summed E-state index contributed by atoms with van der Waals surface area (Å²) in [6.45, 7) is 6.67. The van der Waals surface area contributed by atoms with Crippen LogP contribution in [0.2, 0.25) is 0 Å². The van der Waals surface area contributed by atoms with Crippen LogP contribution in [-0.2, 0) is 16.0 Å². The minimum atomic E-state index is -0.224. The number of benzene rings is 2. The molecule has 0 spiro atoms. The van der Waals surface area contributed by atoms with Crippen LogP contribution in [0.25, 0.3) is 0 Å². The van der Waals surface area contributed by atoms with Gasteiger partial charge >= 0.3 is 0 Å². The molecule has 2 aromatic rings. The number of ether oxygens (including phenoxy) is 4. The van der Waals surface area contributed by atoms with E-state index in [-0.39, 0.29) is 30.3 Å². The number of fused-ring (bicyclic) bond motifs is 1. The summed E-state index contributed by atoms with van der Waals surface area (Å²) in [7, 11) is 0. The molecule has 4 atom stereocenters. The van der Waals surface area contributed by atoms with Gasteiger partial charge in [0.05, 0.1) is 13.2 Å². The van der Waals surface area contributed by atoms with Crippen molar-refractivity contribution in [2.24, 2.45) is 5.73 Å². The third-order valence-electron chi connectivity index (χ3n) is 5.82. The number of nitrogens with zero attached hydrogens (tertiary/aromatic N) is 1. The topological polar surface area (TPSA) is 83.2 Å². The number of nitrogens with two attached hydrogens (primary N) is 1. The summed E-state index contributed by atoms with van der Waals surface area (Å²) in [5.74, 6) is 1.48. The summed E-state index contributed by atoms with van der Waals surface area (Å²) in [4.78, 5) is 14.3. The number of carbonyl (C=O) groups excluding carboxylic acids is 1. The molecule has 2 fully saturated rings. The van der Waals surface area contributed by atoms with Gasteiger partial charge < -0.3 is 29.6 Å². The fraction of sp³-hybridized carbons (Fsp3) is 0.458. The molecule has 2 heterocycles. The lowest BCUT2D eigenvalue weighted by atomic mass is 10.1. The molecule has 166 valence electrons. The Labute approximate surface area is 183 Å². The molecule has 4 rings (SSSR count). The smallest absolute Gasteiger partial charge is 0.253 e. The number of rotatable bonds is 8. The Morgan fingerprint density at radius 1 is 0.968 bits per heavy atom. The van der Waals surface area contributed by atoms with Gasteiger partial charge in [-0.2, -0.15) is 0 Å². The van der Waals surface area contributed by atoms with Crippen molar-refractivity contribution in [3.8, 4) is 11.5 Å². The van der Waals surface area contributed by atoms with E-state index in [1.807, 2.05) is 50.2 Å². The Bertz CT molecular complexity index is 884. The summed E-state index contributed by atoms with van der Waals surface area (Å²) < 4.78 is 24.2. The molecule has 7 nitrogen and oxygen atoms in total. The lowest BCUT2D eigenvalue weighted by Gasteiger charge is -2.20. The highest BCUT2D eigenvalue weighted by molar-refractivity contribution is 5.94. The maximum absolute atomic E-state index is 12.5. The fourth-order valence-electron chi connectivity index (χ4n) is 4.10. The highest BCUT2D eigenvalue weighted by atomic mass is 16.6. The maximum Gasteiger partial charge on any atom is 0.253 e. The van der Waals surface area contributed by atoms with Crippen LogP contribution in [0, 0.1) is 0 Å². The first-order valence-corrected chi connectivity index (χ1v) is 10.9. The summed E-state index contributed by atoms with van der Waals surface area (Å²) >= 11 is 0. The molecule has 1 amide bonds. The van der Waals surface area contributed by atoms with Gasteiger partial charge in [0.15, 0.2) is 12.2 Å². The summed E-state index contributed by atoms with van der Waals surface area (Å²) in [5, 5.41) is 0. The second kappa shape index (κ2) is 9.68. The highest BCUT2D eigenvalue weighted by Crippen LogP contribution is 2.32. The van der Waals surface area contributed by atoms with Gasteiger partial charge in [0.2, 0.25) is 0 Å². The molecular formula is C24H30N2O5. The van der Waals surface area contributed by atoms with Crippen LogP contribution >= 0.6 is 0 Å². The van der Waals surface area contributed by atoms with E-state index in [9.17, 15) is 4.79 Å². The van der Waals surface area contributed by atoms with Crippen molar-refractivity contribution in [2.75, 3.05) is 26.3 Å². The monoisotopic (exact) mass is 426 g/mol. The van der Waals surface area contributed by atoms with Crippen LogP contribution in [-0.4, -0.2) is 61.5 Å². The van der Waals surface area contributed by atoms with Crippen molar-refractivity contribution in [3.63, 3.8) is 0 Å². The largest absolute Gasteiger partial charge is 0.485 e. The molecule has 0 unspecified atom stereocenters. The Balaban J connectivity index is 1.36. The Morgan fingerprint density at radius 2 is 1.58 bits per heavy atom. The molecule has 0 aromatic heterocycles. The average molecular weight is 427 g/mol. The lowest BCUT2D eigenvalue weighted by Crippen LogP contribution is -2.36. The van der Waals surface area contributed by atoms with Gasteiger partial charge in [0.1, 0.15) is 23.7 Å². The van der Waals surface area contributed by atoms with Crippen LogP contribution in [0.3, 0.4) is 0 Å². The summed E-state index contributed by atoms with van der Waals surface area (Å²) in [6, 6.07) is 15.0. The van der Waals surface area contributed by atoms with Gasteiger partial charge in [-0.15, -0.1) is 0 Å². The van der Waals surface area contributed by atoms with Gasteiger partial charge in [-0.3, -0.25) is 4.79 Å². The second-order valence-corrected chi connectivity index (χ2v) is 7.76. The van der Waals surface area contributed by atoms with Gasteiger partial charge in [0, 0.05) is 25.2 Å². The van der Waals surface area contributed by atoms with E-state index in [1.54, 1.807) is 17.0 Å². The molecule has 2 aliphatic rings. The molecule has 0 radical (unpaired) electrons. The Hall–Kier alpha value is -2.61. The van der Waals surface area contributed by atoms with E-state index in [4.69, 9.17) is 24.7 Å². The first-order valence-electron chi connectivity index (χ1n) is 10.9. The van der Waals surface area contributed by atoms with E-state index in [0.29, 0.717) is 44.2 Å². The van der Waals surface area contributed by atoms with Crippen molar-refractivity contribution in [2.45, 2.75) is 44.8 Å². The van der Waals surface area contributed by atoms with Crippen molar-refractivity contribution in [1.29, 1.82) is 0 Å². The zero-order chi connectivity index (χ0) is 21.8. The van der Waals surface area contributed by atoms with E-state index < -0.39 is 0 Å².